The third-order valence-corrected chi connectivity index (χ3v) is 3.74. The van der Waals surface area contributed by atoms with Crippen LogP contribution in [0.25, 0.3) is 0 Å². The molecule has 1 amide bonds. The first-order valence-electron chi connectivity index (χ1n) is 6.85. The molecule has 1 rings (SSSR count). The van der Waals surface area contributed by atoms with Gasteiger partial charge in [0.15, 0.2) is 0 Å². The Morgan fingerprint density at radius 3 is 2.11 bits per heavy atom. The van der Waals surface area contributed by atoms with Crippen LogP contribution in [0.2, 0.25) is 0 Å². The van der Waals surface area contributed by atoms with Crippen LogP contribution in [0.4, 0.5) is 0 Å². The molecule has 0 bridgehead atoms. The Hall–Kier alpha value is -1.31. The normalized spacial score (nSPS) is 12.5. The van der Waals surface area contributed by atoms with Crippen molar-refractivity contribution in [1.82, 2.24) is 4.90 Å². The predicted octanol–water partition coefficient (Wildman–Crippen LogP) is 3.68. The molecule has 18 heavy (non-hydrogen) atoms. The van der Waals surface area contributed by atoms with Crippen LogP contribution in [0, 0.1) is 5.92 Å². The summed E-state index contributed by atoms with van der Waals surface area (Å²) in [6.45, 7) is 4.43. The largest absolute Gasteiger partial charge is 0.349 e. The van der Waals surface area contributed by atoms with Gasteiger partial charge in [-0.2, -0.15) is 0 Å². The molecule has 0 aliphatic carbocycles. The van der Waals surface area contributed by atoms with Gasteiger partial charge in [0.25, 0.3) is 0 Å². The van der Waals surface area contributed by atoms with Gasteiger partial charge in [-0.1, -0.05) is 57.0 Å². The number of benzene rings is 1. The van der Waals surface area contributed by atoms with Crippen LogP contribution < -0.4 is 0 Å². The van der Waals surface area contributed by atoms with Crippen molar-refractivity contribution in [3.8, 4) is 0 Å². The second-order valence-corrected chi connectivity index (χ2v) is 5.09. The Labute approximate surface area is 111 Å². The van der Waals surface area contributed by atoms with E-state index >= 15 is 0 Å². The van der Waals surface area contributed by atoms with Crippen molar-refractivity contribution in [2.24, 2.45) is 5.92 Å². The molecule has 100 valence electrons. The quantitative estimate of drug-likeness (QED) is 0.751. The van der Waals surface area contributed by atoms with E-state index in [4.69, 9.17) is 0 Å². The lowest BCUT2D eigenvalue weighted by Gasteiger charge is -2.26. The zero-order chi connectivity index (χ0) is 13.5. The summed E-state index contributed by atoms with van der Waals surface area (Å²) < 4.78 is 0. The standard InChI is InChI=1S/C16H25NO/c1-5-13(6-2)15(12-16(18)17(3)4)14-10-8-7-9-11-14/h7-11,13,15H,5-6,12H2,1-4H3. The van der Waals surface area contributed by atoms with Crippen molar-refractivity contribution in [3.63, 3.8) is 0 Å². The topological polar surface area (TPSA) is 20.3 Å². The molecule has 0 aliphatic rings. The monoisotopic (exact) mass is 247 g/mol. The molecule has 1 unspecified atom stereocenters. The fourth-order valence-electron chi connectivity index (χ4n) is 2.49. The molecule has 1 atom stereocenters. The molecule has 2 nitrogen and oxygen atoms in total. The van der Waals surface area contributed by atoms with Gasteiger partial charge in [0, 0.05) is 20.5 Å². The first kappa shape index (κ1) is 14.7. The fraction of sp³-hybridized carbons (Fsp3) is 0.562. The Morgan fingerprint density at radius 1 is 1.11 bits per heavy atom. The van der Waals surface area contributed by atoms with Crippen molar-refractivity contribution in [2.75, 3.05) is 14.1 Å². The van der Waals surface area contributed by atoms with Crippen LogP contribution in [0.15, 0.2) is 30.3 Å². The van der Waals surface area contributed by atoms with Crippen LogP contribution in [-0.2, 0) is 4.79 Å². The molecule has 0 heterocycles. The average molecular weight is 247 g/mol. The lowest BCUT2D eigenvalue weighted by atomic mass is 9.80. The van der Waals surface area contributed by atoms with Gasteiger partial charge in [-0.05, 0) is 17.4 Å². The number of amides is 1. The fourth-order valence-corrected chi connectivity index (χ4v) is 2.49. The van der Waals surface area contributed by atoms with Gasteiger partial charge < -0.3 is 4.90 Å². The lowest BCUT2D eigenvalue weighted by molar-refractivity contribution is -0.129. The van der Waals surface area contributed by atoms with E-state index in [1.165, 1.54) is 5.56 Å². The highest BCUT2D eigenvalue weighted by atomic mass is 16.2. The zero-order valence-corrected chi connectivity index (χ0v) is 12.0. The van der Waals surface area contributed by atoms with E-state index in [9.17, 15) is 4.79 Å². The van der Waals surface area contributed by atoms with Crippen LogP contribution in [-0.4, -0.2) is 24.9 Å². The van der Waals surface area contributed by atoms with Crippen LogP contribution in [0.5, 0.6) is 0 Å². The van der Waals surface area contributed by atoms with E-state index < -0.39 is 0 Å². The Balaban J connectivity index is 2.92. The lowest BCUT2D eigenvalue weighted by Crippen LogP contribution is -2.26. The zero-order valence-electron chi connectivity index (χ0n) is 12.0. The highest BCUT2D eigenvalue weighted by Gasteiger charge is 2.23. The molecule has 1 aromatic carbocycles. The second kappa shape index (κ2) is 7.20. The Morgan fingerprint density at radius 2 is 1.67 bits per heavy atom. The summed E-state index contributed by atoms with van der Waals surface area (Å²) in [6, 6.07) is 10.4. The Bertz CT molecular complexity index is 355. The van der Waals surface area contributed by atoms with E-state index in [1.807, 2.05) is 20.2 Å². The number of hydrogen-bond acceptors (Lipinski definition) is 1. The van der Waals surface area contributed by atoms with Crippen molar-refractivity contribution >= 4 is 5.91 Å². The van der Waals surface area contributed by atoms with Crippen LogP contribution in [0.3, 0.4) is 0 Å². The molecular formula is C16H25NO. The molecule has 2 heteroatoms. The molecule has 0 aromatic heterocycles. The minimum absolute atomic E-state index is 0.218. The van der Waals surface area contributed by atoms with Gasteiger partial charge in [0.1, 0.15) is 0 Å². The van der Waals surface area contributed by atoms with Gasteiger partial charge in [-0.15, -0.1) is 0 Å². The second-order valence-electron chi connectivity index (χ2n) is 5.09. The maximum atomic E-state index is 12.0. The number of carbonyl (C=O) groups is 1. The molecular weight excluding hydrogens is 222 g/mol. The van der Waals surface area contributed by atoms with Gasteiger partial charge in [0.2, 0.25) is 5.91 Å². The van der Waals surface area contributed by atoms with Crippen molar-refractivity contribution in [3.05, 3.63) is 35.9 Å². The number of hydrogen-bond donors (Lipinski definition) is 0. The highest BCUT2D eigenvalue weighted by molar-refractivity contribution is 5.76. The van der Waals surface area contributed by atoms with Crippen molar-refractivity contribution in [1.29, 1.82) is 0 Å². The van der Waals surface area contributed by atoms with Crippen molar-refractivity contribution < 1.29 is 4.79 Å². The summed E-state index contributed by atoms with van der Waals surface area (Å²) in [6.07, 6.45) is 2.86. The van der Waals surface area contributed by atoms with Gasteiger partial charge in [-0.3, -0.25) is 4.79 Å². The van der Waals surface area contributed by atoms with Crippen molar-refractivity contribution in [2.45, 2.75) is 39.0 Å². The van der Waals surface area contributed by atoms with Gasteiger partial charge in [-0.25, -0.2) is 0 Å². The minimum atomic E-state index is 0.218. The highest BCUT2D eigenvalue weighted by Crippen LogP contribution is 2.32. The van der Waals surface area contributed by atoms with Crippen LogP contribution >= 0.6 is 0 Å². The first-order valence-corrected chi connectivity index (χ1v) is 6.85. The minimum Gasteiger partial charge on any atom is -0.349 e. The number of rotatable bonds is 6. The summed E-state index contributed by atoms with van der Waals surface area (Å²) in [5.74, 6) is 1.14. The molecule has 0 saturated heterocycles. The van der Waals surface area contributed by atoms with E-state index in [2.05, 4.69) is 38.1 Å². The average Bonchev–Trinajstić information content (AvgIpc) is 2.39. The Kier molecular flexibility index (Phi) is 5.90. The first-order chi connectivity index (χ1) is 8.60. The molecule has 0 saturated carbocycles. The summed E-state index contributed by atoms with van der Waals surface area (Å²) in [5.41, 5.74) is 1.29. The summed E-state index contributed by atoms with van der Waals surface area (Å²) in [5, 5.41) is 0. The molecule has 1 aromatic rings. The van der Waals surface area contributed by atoms with Gasteiger partial charge >= 0.3 is 0 Å². The summed E-state index contributed by atoms with van der Waals surface area (Å²) in [7, 11) is 3.66. The molecule has 0 N–H and O–H groups in total. The number of nitrogens with zero attached hydrogens (tertiary/aromatic N) is 1. The maximum absolute atomic E-state index is 12.0. The van der Waals surface area contributed by atoms with Crippen LogP contribution in [0.1, 0.15) is 44.6 Å². The summed E-state index contributed by atoms with van der Waals surface area (Å²) in [4.78, 5) is 13.7. The van der Waals surface area contributed by atoms with E-state index in [1.54, 1.807) is 4.90 Å². The smallest absolute Gasteiger partial charge is 0.222 e. The number of carbonyl (C=O) groups excluding carboxylic acids is 1. The van der Waals surface area contributed by atoms with Gasteiger partial charge in [0.05, 0.1) is 0 Å². The third-order valence-electron chi connectivity index (χ3n) is 3.74. The molecule has 0 spiro atoms. The molecule has 0 radical (unpaired) electrons. The maximum Gasteiger partial charge on any atom is 0.222 e. The predicted molar refractivity (Wildman–Crippen MR) is 76.6 cm³/mol. The SMILES string of the molecule is CCC(CC)C(CC(=O)N(C)C)c1ccccc1. The van der Waals surface area contributed by atoms with E-state index in [-0.39, 0.29) is 5.91 Å². The molecule has 0 aliphatic heterocycles. The third kappa shape index (κ3) is 3.86. The van der Waals surface area contributed by atoms with E-state index in [0.29, 0.717) is 18.3 Å². The molecule has 0 fully saturated rings. The summed E-state index contributed by atoms with van der Waals surface area (Å²) >= 11 is 0. The van der Waals surface area contributed by atoms with E-state index in [0.717, 1.165) is 12.8 Å².